The first-order valence-electron chi connectivity index (χ1n) is 9.20. The number of anilines is 2. The maximum atomic E-state index is 12.5. The van der Waals surface area contributed by atoms with Crippen molar-refractivity contribution in [3.63, 3.8) is 0 Å². The summed E-state index contributed by atoms with van der Waals surface area (Å²) in [6, 6.07) is 6.47. The Hall–Kier alpha value is -2.59. The first-order valence-corrected chi connectivity index (χ1v) is 10.7. The van der Waals surface area contributed by atoms with Crippen molar-refractivity contribution in [2.24, 2.45) is 0 Å². The molecule has 0 fully saturated rings. The van der Waals surface area contributed by atoms with E-state index in [0.717, 1.165) is 24.5 Å². The van der Waals surface area contributed by atoms with Crippen molar-refractivity contribution in [1.29, 1.82) is 0 Å². The lowest BCUT2D eigenvalue weighted by molar-refractivity contribution is 0.297. The largest absolute Gasteiger partial charge is 0.490 e. The Bertz CT molecular complexity index is 920. The molecule has 3 N–H and O–H groups in total. The molecule has 1 aromatic heterocycles. The van der Waals surface area contributed by atoms with Gasteiger partial charge in [-0.3, -0.25) is 0 Å². The molecule has 0 radical (unpaired) electrons. The number of nitrogens with one attached hydrogen (secondary N) is 3. The molecule has 0 amide bonds. The SMILES string of the molecule is CCNc1cc(C)nc(NCCNS(=O)(=O)c2ccc3c(c2)OCCCO3)n1. The molecular weight excluding hydrogens is 382 g/mol. The Kier molecular flexibility index (Phi) is 6.53. The van der Waals surface area contributed by atoms with Crippen LogP contribution in [0.5, 0.6) is 11.5 Å². The molecule has 2 heterocycles. The monoisotopic (exact) mass is 407 g/mol. The Morgan fingerprint density at radius 1 is 1.04 bits per heavy atom. The second-order valence-corrected chi connectivity index (χ2v) is 8.00. The molecule has 28 heavy (non-hydrogen) atoms. The second kappa shape index (κ2) is 9.07. The number of fused-ring (bicyclic) bond motifs is 1. The molecule has 3 rings (SSSR count). The Morgan fingerprint density at radius 3 is 2.61 bits per heavy atom. The summed E-state index contributed by atoms with van der Waals surface area (Å²) in [4.78, 5) is 8.76. The fourth-order valence-electron chi connectivity index (χ4n) is 2.67. The van der Waals surface area contributed by atoms with E-state index in [1.54, 1.807) is 6.07 Å². The molecule has 2 aromatic rings. The van der Waals surface area contributed by atoms with E-state index in [1.165, 1.54) is 12.1 Å². The molecule has 0 spiro atoms. The van der Waals surface area contributed by atoms with Gasteiger partial charge in [0.15, 0.2) is 11.5 Å². The zero-order valence-corrected chi connectivity index (χ0v) is 16.8. The average Bonchev–Trinajstić information content (AvgIpc) is 2.90. The molecular formula is C18H25N5O4S. The molecule has 1 aliphatic heterocycles. The summed E-state index contributed by atoms with van der Waals surface area (Å²) in [5, 5.41) is 6.16. The first-order chi connectivity index (χ1) is 13.5. The van der Waals surface area contributed by atoms with Gasteiger partial charge in [-0.1, -0.05) is 0 Å². The van der Waals surface area contributed by atoms with Gasteiger partial charge in [0.25, 0.3) is 0 Å². The lowest BCUT2D eigenvalue weighted by Crippen LogP contribution is -2.29. The van der Waals surface area contributed by atoms with Crippen LogP contribution in [0, 0.1) is 6.92 Å². The number of hydrogen-bond acceptors (Lipinski definition) is 8. The van der Waals surface area contributed by atoms with Crippen molar-refractivity contribution >= 4 is 21.8 Å². The second-order valence-electron chi connectivity index (χ2n) is 6.23. The maximum Gasteiger partial charge on any atom is 0.240 e. The third kappa shape index (κ3) is 5.23. The molecule has 0 unspecified atom stereocenters. The van der Waals surface area contributed by atoms with Gasteiger partial charge in [-0.15, -0.1) is 0 Å². The van der Waals surface area contributed by atoms with E-state index in [9.17, 15) is 8.42 Å². The van der Waals surface area contributed by atoms with Crippen LogP contribution in [0.3, 0.4) is 0 Å². The summed E-state index contributed by atoms with van der Waals surface area (Å²) in [6.45, 7) is 6.20. The van der Waals surface area contributed by atoms with Crippen LogP contribution in [0.25, 0.3) is 0 Å². The number of sulfonamides is 1. The molecule has 1 aliphatic rings. The van der Waals surface area contributed by atoms with E-state index in [1.807, 2.05) is 19.9 Å². The fraction of sp³-hybridized carbons (Fsp3) is 0.444. The number of rotatable bonds is 8. The molecule has 0 bridgehead atoms. The molecule has 1 aromatic carbocycles. The topological polar surface area (TPSA) is 114 Å². The zero-order valence-electron chi connectivity index (χ0n) is 16.0. The highest BCUT2D eigenvalue weighted by Crippen LogP contribution is 2.31. The van der Waals surface area contributed by atoms with Crippen LogP contribution in [-0.4, -0.2) is 51.2 Å². The summed E-state index contributed by atoms with van der Waals surface area (Å²) in [6.07, 6.45) is 0.761. The van der Waals surface area contributed by atoms with Gasteiger partial charge in [-0.25, -0.2) is 18.1 Å². The summed E-state index contributed by atoms with van der Waals surface area (Å²) >= 11 is 0. The number of aromatic nitrogens is 2. The molecule has 0 saturated carbocycles. The predicted molar refractivity (Wildman–Crippen MR) is 107 cm³/mol. The first kappa shape index (κ1) is 20.2. The molecule has 0 atom stereocenters. The number of hydrogen-bond donors (Lipinski definition) is 3. The molecule has 0 saturated heterocycles. The smallest absolute Gasteiger partial charge is 0.240 e. The summed E-state index contributed by atoms with van der Waals surface area (Å²) in [5.74, 6) is 2.19. The summed E-state index contributed by atoms with van der Waals surface area (Å²) in [7, 11) is -3.66. The number of ether oxygens (including phenoxy) is 2. The third-order valence-corrected chi connectivity index (χ3v) is 5.40. The Morgan fingerprint density at radius 2 is 1.82 bits per heavy atom. The maximum absolute atomic E-state index is 12.5. The van der Waals surface area contributed by atoms with E-state index < -0.39 is 10.0 Å². The highest BCUT2D eigenvalue weighted by atomic mass is 32.2. The molecule has 152 valence electrons. The molecule has 0 aliphatic carbocycles. The Balaban J connectivity index is 1.58. The van der Waals surface area contributed by atoms with Crippen LogP contribution in [0.4, 0.5) is 11.8 Å². The number of aryl methyl sites for hydroxylation is 1. The van der Waals surface area contributed by atoms with Gasteiger partial charge >= 0.3 is 0 Å². The van der Waals surface area contributed by atoms with E-state index in [4.69, 9.17) is 9.47 Å². The highest BCUT2D eigenvalue weighted by Gasteiger charge is 2.18. The Labute approximate surface area is 164 Å². The van der Waals surface area contributed by atoms with Gasteiger partial charge in [0.1, 0.15) is 5.82 Å². The van der Waals surface area contributed by atoms with Crippen molar-refractivity contribution < 1.29 is 17.9 Å². The number of benzene rings is 1. The highest BCUT2D eigenvalue weighted by molar-refractivity contribution is 7.89. The lowest BCUT2D eigenvalue weighted by Gasteiger charge is -2.12. The third-order valence-electron chi connectivity index (χ3n) is 3.94. The van der Waals surface area contributed by atoms with Crippen LogP contribution in [0.15, 0.2) is 29.2 Å². The van der Waals surface area contributed by atoms with E-state index >= 15 is 0 Å². The lowest BCUT2D eigenvalue weighted by atomic mass is 10.3. The molecule has 10 heteroatoms. The van der Waals surface area contributed by atoms with Crippen molar-refractivity contribution in [3.8, 4) is 11.5 Å². The van der Waals surface area contributed by atoms with Crippen LogP contribution in [0.1, 0.15) is 19.0 Å². The summed E-state index contributed by atoms with van der Waals surface area (Å²) < 4.78 is 38.7. The van der Waals surface area contributed by atoms with Crippen LogP contribution in [-0.2, 0) is 10.0 Å². The van der Waals surface area contributed by atoms with Gasteiger partial charge in [0.2, 0.25) is 16.0 Å². The van der Waals surface area contributed by atoms with E-state index in [2.05, 4.69) is 25.3 Å². The van der Waals surface area contributed by atoms with Gasteiger partial charge in [-0.2, -0.15) is 4.98 Å². The van der Waals surface area contributed by atoms with E-state index in [0.29, 0.717) is 37.2 Å². The van der Waals surface area contributed by atoms with Gasteiger partial charge in [0, 0.05) is 43.9 Å². The standard InChI is InChI=1S/C18H25N5O4S/c1-3-19-17-11-13(2)22-18(23-17)20-7-8-21-28(24,25)14-5-6-15-16(12-14)27-10-4-9-26-15/h5-6,11-12,21H,3-4,7-10H2,1-2H3,(H2,19,20,22,23). The van der Waals surface area contributed by atoms with Crippen molar-refractivity contribution in [2.45, 2.75) is 25.2 Å². The zero-order chi connectivity index (χ0) is 20.0. The molecule has 9 nitrogen and oxygen atoms in total. The van der Waals surface area contributed by atoms with E-state index in [-0.39, 0.29) is 11.4 Å². The minimum atomic E-state index is -3.66. The quantitative estimate of drug-likeness (QED) is 0.567. The number of nitrogens with zero attached hydrogens (tertiary/aromatic N) is 2. The minimum absolute atomic E-state index is 0.137. The predicted octanol–water partition coefficient (Wildman–Crippen LogP) is 1.77. The minimum Gasteiger partial charge on any atom is -0.490 e. The van der Waals surface area contributed by atoms with Gasteiger partial charge in [0.05, 0.1) is 18.1 Å². The van der Waals surface area contributed by atoms with Crippen molar-refractivity contribution in [2.75, 3.05) is 43.5 Å². The fourth-order valence-corrected chi connectivity index (χ4v) is 3.72. The van der Waals surface area contributed by atoms with Crippen LogP contribution in [0.2, 0.25) is 0 Å². The van der Waals surface area contributed by atoms with Crippen LogP contribution >= 0.6 is 0 Å². The van der Waals surface area contributed by atoms with Crippen LogP contribution < -0.4 is 24.8 Å². The average molecular weight is 407 g/mol. The van der Waals surface area contributed by atoms with Gasteiger partial charge in [-0.05, 0) is 26.0 Å². The van der Waals surface area contributed by atoms with Crippen molar-refractivity contribution in [1.82, 2.24) is 14.7 Å². The van der Waals surface area contributed by atoms with Crippen molar-refractivity contribution in [3.05, 3.63) is 30.0 Å². The normalized spacial score (nSPS) is 13.6. The summed E-state index contributed by atoms with van der Waals surface area (Å²) in [5.41, 5.74) is 0.821. The van der Waals surface area contributed by atoms with Gasteiger partial charge < -0.3 is 20.1 Å².